The Hall–Kier alpha value is -7.86. The standard InChI is InChI=1S/C42H24N12/c1-4-16-43-34(7-1)40-49-22-46-37(52-40)25-10-13-28-31(19-25)29-14-11-26(38-47-23-50-41(53-38)35-8-2-5-17-44-35)21-33(29)30-15-12-27(20-32(28)30)39-48-24-51-42(54-39)36-9-3-6-18-45-36/h1-24H. The third-order valence-corrected chi connectivity index (χ3v) is 9.10. The summed E-state index contributed by atoms with van der Waals surface area (Å²) in [6.07, 6.45) is 9.74. The van der Waals surface area contributed by atoms with Gasteiger partial charge in [-0.05, 0) is 86.9 Å². The van der Waals surface area contributed by atoms with Gasteiger partial charge in [-0.2, -0.15) is 0 Å². The summed E-state index contributed by atoms with van der Waals surface area (Å²) in [4.78, 5) is 54.5. The molecule has 10 rings (SSSR count). The Bertz CT molecular complexity index is 2640. The van der Waals surface area contributed by atoms with Crippen LogP contribution in [0.25, 0.3) is 101 Å². The summed E-state index contributed by atoms with van der Waals surface area (Å²) in [6, 6.07) is 35.8. The molecule has 0 atom stereocenters. The lowest BCUT2D eigenvalue weighted by Gasteiger charge is -2.14. The molecule has 12 heteroatoms. The van der Waals surface area contributed by atoms with Gasteiger partial charge in [0.25, 0.3) is 0 Å². The van der Waals surface area contributed by atoms with Gasteiger partial charge in [0.05, 0.1) is 0 Å². The van der Waals surface area contributed by atoms with E-state index in [0.29, 0.717) is 52.0 Å². The molecule has 0 fully saturated rings. The minimum Gasteiger partial charge on any atom is -0.253 e. The van der Waals surface area contributed by atoms with E-state index in [1.54, 1.807) is 18.6 Å². The van der Waals surface area contributed by atoms with Gasteiger partial charge in [-0.3, -0.25) is 15.0 Å². The van der Waals surface area contributed by atoms with Crippen LogP contribution >= 0.6 is 0 Å². The number of hydrogen-bond acceptors (Lipinski definition) is 12. The maximum atomic E-state index is 4.80. The molecular formula is C42H24N12. The predicted octanol–water partition coefficient (Wildman–Crippen LogP) is 7.89. The van der Waals surface area contributed by atoms with Crippen LogP contribution in [0.2, 0.25) is 0 Å². The van der Waals surface area contributed by atoms with E-state index in [2.05, 4.69) is 81.3 Å². The highest BCUT2D eigenvalue weighted by Crippen LogP contribution is 2.40. The first-order valence-electron chi connectivity index (χ1n) is 17.0. The van der Waals surface area contributed by atoms with Crippen molar-refractivity contribution in [2.75, 3.05) is 0 Å². The van der Waals surface area contributed by atoms with Crippen LogP contribution in [0, 0.1) is 0 Å². The van der Waals surface area contributed by atoms with Gasteiger partial charge in [0.1, 0.15) is 36.1 Å². The van der Waals surface area contributed by atoms with Crippen molar-refractivity contribution in [1.29, 1.82) is 0 Å². The molecule has 252 valence electrons. The van der Waals surface area contributed by atoms with E-state index >= 15 is 0 Å². The second-order valence-electron chi connectivity index (χ2n) is 12.3. The van der Waals surface area contributed by atoms with Crippen molar-refractivity contribution in [2.45, 2.75) is 0 Å². The molecule has 0 saturated heterocycles. The molecule has 0 aliphatic rings. The van der Waals surface area contributed by atoms with Crippen molar-refractivity contribution < 1.29 is 0 Å². The van der Waals surface area contributed by atoms with Crippen molar-refractivity contribution in [1.82, 2.24) is 59.8 Å². The van der Waals surface area contributed by atoms with Crippen LogP contribution in [-0.4, -0.2) is 59.8 Å². The van der Waals surface area contributed by atoms with Gasteiger partial charge in [0.15, 0.2) is 34.9 Å². The van der Waals surface area contributed by atoms with E-state index in [0.717, 1.165) is 49.0 Å². The van der Waals surface area contributed by atoms with Crippen molar-refractivity contribution in [3.63, 3.8) is 0 Å². The van der Waals surface area contributed by atoms with Crippen LogP contribution in [-0.2, 0) is 0 Å². The van der Waals surface area contributed by atoms with Crippen molar-refractivity contribution in [3.8, 4) is 68.7 Å². The molecular weight excluding hydrogens is 673 g/mol. The first-order chi connectivity index (χ1) is 26.7. The molecule has 6 aromatic heterocycles. The summed E-state index contributed by atoms with van der Waals surface area (Å²) < 4.78 is 0. The number of aromatic nitrogens is 12. The van der Waals surface area contributed by atoms with Gasteiger partial charge in [-0.1, -0.05) is 54.6 Å². The fourth-order valence-corrected chi connectivity index (χ4v) is 6.58. The van der Waals surface area contributed by atoms with E-state index in [4.69, 9.17) is 15.0 Å². The lowest BCUT2D eigenvalue weighted by molar-refractivity contribution is 1.05. The van der Waals surface area contributed by atoms with Crippen LogP contribution in [0.15, 0.2) is 147 Å². The summed E-state index contributed by atoms with van der Waals surface area (Å²) in [5, 5.41) is 6.21. The predicted molar refractivity (Wildman–Crippen MR) is 205 cm³/mol. The minimum absolute atomic E-state index is 0.503. The molecule has 0 radical (unpaired) electrons. The number of hydrogen-bond donors (Lipinski definition) is 0. The quantitative estimate of drug-likeness (QED) is 0.155. The fraction of sp³-hybridized carbons (Fsp3) is 0. The molecule has 0 saturated carbocycles. The van der Waals surface area contributed by atoms with Crippen molar-refractivity contribution in [2.24, 2.45) is 0 Å². The van der Waals surface area contributed by atoms with Crippen LogP contribution in [0.3, 0.4) is 0 Å². The highest BCUT2D eigenvalue weighted by Gasteiger charge is 2.16. The van der Waals surface area contributed by atoms with E-state index < -0.39 is 0 Å². The number of benzene rings is 4. The molecule has 0 aliphatic carbocycles. The van der Waals surface area contributed by atoms with Crippen LogP contribution < -0.4 is 0 Å². The van der Waals surface area contributed by atoms with Gasteiger partial charge in [0.2, 0.25) is 0 Å². The Morgan fingerprint density at radius 1 is 0.259 bits per heavy atom. The van der Waals surface area contributed by atoms with E-state index in [1.165, 1.54) is 19.0 Å². The molecule has 6 heterocycles. The highest BCUT2D eigenvalue weighted by molar-refractivity contribution is 6.26. The van der Waals surface area contributed by atoms with Gasteiger partial charge in [0, 0.05) is 35.3 Å². The second kappa shape index (κ2) is 13.0. The number of fused-ring (bicyclic) bond motifs is 6. The molecule has 4 aromatic carbocycles. The van der Waals surface area contributed by atoms with Gasteiger partial charge in [-0.25, -0.2) is 44.9 Å². The normalized spacial score (nSPS) is 11.3. The molecule has 0 spiro atoms. The summed E-state index contributed by atoms with van der Waals surface area (Å²) in [5.74, 6) is 3.15. The SMILES string of the molecule is c1ccc(-c2ncnc(-c3ccc4c(c3)c3ccc(-c5ncnc(-c6ccccn6)n5)cc3c3ccc(-c5ncnc(-c6ccccn6)n5)cc43)n2)nc1. The van der Waals surface area contributed by atoms with Crippen molar-refractivity contribution >= 4 is 32.3 Å². The first-order valence-corrected chi connectivity index (χ1v) is 17.0. The summed E-state index contributed by atoms with van der Waals surface area (Å²) in [7, 11) is 0. The van der Waals surface area contributed by atoms with Gasteiger partial charge in [-0.15, -0.1) is 0 Å². The van der Waals surface area contributed by atoms with Crippen LogP contribution in [0.1, 0.15) is 0 Å². The Morgan fingerprint density at radius 2 is 0.574 bits per heavy atom. The molecule has 0 N–H and O–H groups in total. The zero-order chi connectivity index (χ0) is 35.8. The third kappa shape index (κ3) is 5.60. The Balaban J connectivity index is 1.17. The van der Waals surface area contributed by atoms with E-state index in [9.17, 15) is 0 Å². The molecule has 0 aliphatic heterocycles. The van der Waals surface area contributed by atoms with Gasteiger partial charge >= 0.3 is 0 Å². The topological polar surface area (TPSA) is 155 Å². The molecule has 0 unspecified atom stereocenters. The van der Waals surface area contributed by atoms with E-state index in [1.807, 2.05) is 72.8 Å². The maximum absolute atomic E-state index is 4.80. The Morgan fingerprint density at radius 3 is 0.870 bits per heavy atom. The largest absolute Gasteiger partial charge is 0.253 e. The Kier molecular flexibility index (Phi) is 7.46. The average molecular weight is 697 g/mol. The fourth-order valence-electron chi connectivity index (χ4n) is 6.58. The lowest BCUT2D eigenvalue weighted by atomic mass is 9.91. The van der Waals surface area contributed by atoms with Crippen molar-refractivity contribution in [3.05, 3.63) is 147 Å². The molecule has 54 heavy (non-hydrogen) atoms. The molecule has 0 amide bonds. The summed E-state index contributed by atoms with van der Waals surface area (Å²) in [6.45, 7) is 0. The smallest absolute Gasteiger partial charge is 0.181 e. The van der Waals surface area contributed by atoms with Gasteiger partial charge < -0.3 is 0 Å². The Labute approximate surface area is 306 Å². The third-order valence-electron chi connectivity index (χ3n) is 9.10. The lowest BCUT2D eigenvalue weighted by Crippen LogP contribution is -1.97. The second-order valence-corrected chi connectivity index (χ2v) is 12.3. The average Bonchev–Trinajstić information content (AvgIpc) is 3.27. The number of pyridine rings is 3. The van der Waals surface area contributed by atoms with Crippen LogP contribution in [0.4, 0.5) is 0 Å². The summed E-state index contributed by atoms with van der Waals surface area (Å²) in [5.41, 5.74) is 4.56. The zero-order valence-electron chi connectivity index (χ0n) is 28.2. The summed E-state index contributed by atoms with van der Waals surface area (Å²) >= 11 is 0. The highest BCUT2D eigenvalue weighted by atomic mass is 15.0. The molecule has 0 bridgehead atoms. The number of rotatable bonds is 6. The molecule has 10 aromatic rings. The number of nitrogens with zero attached hydrogens (tertiary/aromatic N) is 12. The zero-order valence-corrected chi connectivity index (χ0v) is 28.2. The monoisotopic (exact) mass is 696 g/mol. The minimum atomic E-state index is 0.503. The maximum Gasteiger partial charge on any atom is 0.181 e. The first kappa shape index (κ1) is 30.9. The molecule has 12 nitrogen and oxygen atoms in total. The van der Waals surface area contributed by atoms with Crippen LogP contribution in [0.5, 0.6) is 0 Å². The van der Waals surface area contributed by atoms with E-state index in [-0.39, 0.29) is 0 Å².